The van der Waals surface area contributed by atoms with Gasteiger partial charge in [0.1, 0.15) is 16.3 Å². The van der Waals surface area contributed by atoms with Crippen molar-refractivity contribution in [1.82, 2.24) is 9.97 Å². The topological polar surface area (TPSA) is 47.0 Å². The third kappa shape index (κ3) is 5.39. The number of benzene rings is 2. The van der Waals surface area contributed by atoms with Gasteiger partial charge < -0.3 is 10.1 Å². The molecular weight excluding hydrogens is 387 g/mol. The maximum absolute atomic E-state index is 13.3. The van der Waals surface area contributed by atoms with Crippen molar-refractivity contribution >= 4 is 23.4 Å². The van der Waals surface area contributed by atoms with Gasteiger partial charge in [0.25, 0.3) is 0 Å². The molecule has 28 heavy (non-hydrogen) atoms. The van der Waals surface area contributed by atoms with E-state index in [0.717, 1.165) is 30.1 Å². The lowest BCUT2D eigenvalue weighted by molar-refractivity contribution is -0.140. The molecule has 0 aliphatic carbocycles. The molecule has 0 atom stereocenters. The lowest BCUT2D eigenvalue weighted by Gasteiger charge is -2.13. The van der Waals surface area contributed by atoms with Crippen LogP contribution in [-0.2, 0) is 6.18 Å². The van der Waals surface area contributed by atoms with Gasteiger partial charge in [-0.15, -0.1) is 0 Å². The number of rotatable bonds is 7. The Kier molecular flexibility index (Phi) is 6.41. The van der Waals surface area contributed by atoms with Crippen molar-refractivity contribution < 1.29 is 17.9 Å². The number of anilines is 2. The number of aromatic nitrogens is 2. The second-order valence-electron chi connectivity index (χ2n) is 5.82. The van der Waals surface area contributed by atoms with E-state index < -0.39 is 11.7 Å². The van der Waals surface area contributed by atoms with Crippen LogP contribution in [-0.4, -0.2) is 16.6 Å². The molecule has 3 rings (SSSR count). The summed E-state index contributed by atoms with van der Waals surface area (Å²) >= 11 is 0.946. The zero-order chi connectivity index (χ0) is 20.0. The maximum Gasteiger partial charge on any atom is 0.420 e. The lowest BCUT2D eigenvalue weighted by atomic mass is 10.3. The number of nitrogens with zero attached hydrogens (tertiary/aromatic N) is 2. The van der Waals surface area contributed by atoms with Gasteiger partial charge in [-0.2, -0.15) is 13.2 Å². The summed E-state index contributed by atoms with van der Waals surface area (Å²) in [6, 6.07) is 15.9. The van der Waals surface area contributed by atoms with Crippen molar-refractivity contribution in [1.29, 1.82) is 0 Å². The van der Waals surface area contributed by atoms with E-state index in [1.165, 1.54) is 0 Å². The first-order valence-electron chi connectivity index (χ1n) is 8.62. The first-order chi connectivity index (χ1) is 13.5. The molecule has 1 N–H and O–H groups in total. The Labute approximate surface area is 165 Å². The molecule has 8 heteroatoms. The minimum atomic E-state index is -4.53. The monoisotopic (exact) mass is 405 g/mol. The number of halogens is 3. The van der Waals surface area contributed by atoms with Crippen LogP contribution in [0.4, 0.5) is 24.8 Å². The van der Waals surface area contributed by atoms with Crippen LogP contribution >= 0.6 is 11.8 Å². The molecule has 0 aliphatic heterocycles. The van der Waals surface area contributed by atoms with Crippen molar-refractivity contribution in [3.63, 3.8) is 0 Å². The molecule has 4 nitrogen and oxygen atoms in total. The Bertz CT molecular complexity index is 903. The van der Waals surface area contributed by atoms with Gasteiger partial charge in [0, 0.05) is 16.8 Å². The summed E-state index contributed by atoms with van der Waals surface area (Å²) in [5.74, 6) is 0.815. The number of nitrogens with one attached hydrogen (secondary N) is 1. The van der Waals surface area contributed by atoms with Crippen LogP contribution in [0.25, 0.3) is 0 Å². The van der Waals surface area contributed by atoms with E-state index in [9.17, 15) is 13.2 Å². The number of hydrogen-bond acceptors (Lipinski definition) is 5. The fraction of sp³-hybridized carbons (Fsp3) is 0.200. The Morgan fingerprint density at radius 1 is 1.04 bits per heavy atom. The molecule has 0 saturated heterocycles. The zero-order valence-corrected chi connectivity index (χ0v) is 15.8. The number of ether oxygens (including phenoxy) is 1. The smallest absolute Gasteiger partial charge is 0.420 e. The molecular formula is C20H18F3N3OS. The van der Waals surface area contributed by atoms with Crippen LogP contribution in [0.3, 0.4) is 0 Å². The van der Waals surface area contributed by atoms with Crippen LogP contribution in [0.5, 0.6) is 5.75 Å². The fourth-order valence-corrected chi connectivity index (χ4v) is 3.21. The summed E-state index contributed by atoms with van der Waals surface area (Å²) in [7, 11) is 0. The van der Waals surface area contributed by atoms with E-state index in [2.05, 4.69) is 15.3 Å². The van der Waals surface area contributed by atoms with E-state index in [1.807, 2.05) is 6.92 Å². The summed E-state index contributed by atoms with van der Waals surface area (Å²) < 4.78 is 45.5. The summed E-state index contributed by atoms with van der Waals surface area (Å²) in [5, 5.41) is 2.78. The van der Waals surface area contributed by atoms with Gasteiger partial charge in [0.15, 0.2) is 0 Å². The highest BCUT2D eigenvalue weighted by Gasteiger charge is 2.35. The quantitative estimate of drug-likeness (QED) is 0.476. The maximum atomic E-state index is 13.3. The van der Waals surface area contributed by atoms with Crippen LogP contribution in [0.2, 0.25) is 0 Å². The van der Waals surface area contributed by atoms with Gasteiger partial charge in [0.2, 0.25) is 5.95 Å². The van der Waals surface area contributed by atoms with Crippen LogP contribution in [0.15, 0.2) is 70.7 Å². The minimum Gasteiger partial charge on any atom is -0.494 e. The predicted octanol–water partition coefficient (Wildman–Crippen LogP) is 6.18. The van der Waals surface area contributed by atoms with Gasteiger partial charge in [-0.05, 0) is 42.8 Å². The highest BCUT2D eigenvalue weighted by molar-refractivity contribution is 7.99. The molecule has 0 spiro atoms. The van der Waals surface area contributed by atoms with Crippen molar-refractivity contribution in [2.45, 2.75) is 29.4 Å². The molecule has 146 valence electrons. The Balaban J connectivity index is 1.83. The molecule has 0 radical (unpaired) electrons. The van der Waals surface area contributed by atoms with Gasteiger partial charge >= 0.3 is 6.18 Å². The normalized spacial score (nSPS) is 11.3. The van der Waals surface area contributed by atoms with E-state index in [0.29, 0.717) is 17.2 Å². The lowest BCUT2D eigenvalue weighted by Crippen LogP contribution is -2.10. The molecule has 0 bridgehead atoms. The van der Waals surface area contributed by atoms with Crippen molar-refractivity contribution in [2.24, 2.45) is 0 Å². The first kappa shape index (κ1) is 20.0. The molecule has 0 saturated carbocycles. The highest BCUT2D eigenvalue weighted by Crippen LogP contribution is 2.38. The summed E-state index contributed by atoms with van der Waals surface area (Å²) in [6.07, 6.45) is -2.82. The van der Waals surface area contributed by atoms with E-state index in [-0.39, 0.29) is 11.0 Å². The Hall–Kier alpha value is -2.74. The summed E-state index contributed by atoms with van der Waals surface area (Å²) in [6.45, 7) is 2.64. The van der Waals surface area contributed by atoms with Crippen molar-refractivity contribution in [3.05, 3.63) is 66.4 Å². The molecule has 1 heterocycles. The van der Waals surface area contributed by atoms with E-state index in [4.69, 9.17) is 4.74 Å². The van der Waals surface area contributed by atoms with Crippen LogP contribution in [0.1, 0.15) is 18.9 Å². The zero-order valence-electron chi connectivity index (χ0n) is 15.0. The standard InChI is InChI=1S/C20H18F3N3OS/c1-2-12-27-15-10-8-14(9-11-15)25-19-24-13-17(20(21,22)23)18(26-19)28-16-6-4-3-5-7-16/h3-11,13H,2,12H2,1H3,(H,24,25,26). The minimum absolute atomic E-state index is 0.0913. The van der Waals surface area contributed by atoms with Crippen molar-refractivity contribution in [3.8, 4) is 5.75 Å². The van der Waals surface area contributed by atoms with Crippen LogP contribution in [0, 0.1) is 0 Å². The van der Waals surface area contributed by atoms with E-state index >= 15 is 0 Å². The average molecular weight is 405 g/mol. The third-order valence-corrected chi connectivity index (χ3v) is 4.61. The van der Waals surface area contributed by atoms with Crippen LogP contribution < -0.4 is 10.1 Å². The third-order valence-electron chi connectivity index (χ3n) is 3.60. The first-order valence-corrected chi connectivity index (χ1v) is 9.44. The Morgan fingerprint density at radius 3 is 2.39 bits per heavy atom. The molecule has 1 aromatic heterocycles. The fourth-order valence-electron chi connectivity index (χ4n) is 2.28. The highest BCUT2D eigenvalue weighted by atomic mass is 32.2. The Morgan fingerprint density at radius 2 is 1.75 bits per heavy atom. The molecule has 0 unspecified atom stereocenters. The summed E-state index contributed by atoms with van der Waals surface area (Å²) in [4.78, 5) is 8.58. The van der Waals surface area contributed by atoms with E-state index in [1.54, 1.807) is 54.6 Å². The second kappa shape index (κ2) is 8.97. The van der Waals surface area contributed by atoms with Gasteiger partial charge in [-0.3, -0.25) is 0 Å². The SMILES string of the molecule is CCCOc1ccc(Nc2ncc(C(F)(F)F)c(Sc3ccccc3)n2)cc1. The van der Waals surface area contributed by atoms with Gasteiger partial charge in [-0.1, -0.05) is 36.9 Å². The summed E-state index contributed by atoms with van der Waals surface area (Å²) in [5.41, 5.74) is -0.213. The number of alkyl halides is 3. The molecule has 0 fully saturated rings. The number of hydrogen-bond donors (Lipinski definition) is 1. The molecule has 2 aromatic carbocycles. The van der Waals surface area contributed by atoms with Gasteiger partial charge in [0.05, 0.1) is 6.61 Å². The van der Waals surface area contributed by atoms with Crippen molar-refractivity contribution in [2.75, 3.05) is 11.9 Å². The molecule has 0 amide bonds. The average Bonchev–Trinajstić information content (AvgIpc) is 2.67. The molecule has 3 aromatic rings. The largest absolute Gasteiger partial charge is 0.494 e. The van der Waals surface area contributed by atoms with Gasteiger partial charge in [-0.25, -0.2) is 9.97 Å². The predicted molar refractivity (Wildman–Crippen MR) is 103 cm³/mol. The molecule has 0 aliphatic rings. The second-order valence-corrected chi connectivity index (χ2v) is 6.89.